The number of piperidine rings is 2. The van der Waals surface area contributed by atoms with E-state index in [0.29, 0.717) is 37.1 Å². The monoisotopic (exact) mass is 441 g/mol. The quantitative estimate of drug-likeness (QED) is 0.677. The number of rotatable bonds is 6. The summed E-state index contributed by atoms with van der Waals surface area (Å²) in [4.78, 5) is 40.6. The first kappa shape index (κ1) is 21.4. The molecule has 0 radical (unpaired) electrons. The Bertz CT molecular complexity index is 898. The van der Waals surface area contributed by atoms with Gasteiger partial charge in [0, 0.05) is 37.7 Å². The van der Waals surface area contributed by atoms with E-state index in [1.165, 1.54) is 12.8 Å². The molecule has 4 aliphatic heterocycles. The third-order valence-electron chi connectivity index (χ3n) is 7.20. The van der Waals surface area contributed by atoms with Gasteiger partial charge in [0.15, 0.2) is 0 Å². The van der Waals surface area contributed by atoms with E-state index in [-0.39, 0.29) is 24.1 Å². The summed E-state index contributed by atoms with van der Waals surface area (Å²) in [5, 5.41) is 2.34. The van der Waals surface area contributed by atoms with Gasteiger partial charge in [-0.3, -0.25) is 24.6 Å². The molecule has 0 aromatic heterocycles. The molecular formula is C24H31N3O5. The van der Waals surface area contributed by atoms with Crippen LogP contribution in [0.4, 0.5) is 0 Å². The Labute approximate surface area is 188 Å². The minimum Gasteiger partial charge on any atom is -0.492 e. The van der Waals surface area contributed by atoms with E-state index in [4.69, 9.17) is 9.47 Å². The molecule has 0 spiro atoms. The fourth-order valence-electron chi connectivity index (χ4n) is 5.38. The van der Waals surface area contributed by atoms with Crippen LogP contribution in [0.25, 0.3) is 0 Å². The van der Waals surface area contributed by atoms with Crippen molar-refractivity contribution in [3.05, 3.63) is 29.3 Å². The Hall–Kier alpha value is -2.45. The van der Waals surface area contributed by atoms with Gasteiger partial charge < -0.3 is 14.4 Å². The highest BCUT2D eigenvalue weighted by atomic mass is 16.5. The van der Waals surface area contributed by atoms with E-state index in [9.17, 15) is 14.4 Å². The predicted molar refractivity (Wildman–Crippen MR) is 116 cm³/mol. The molecule has 1 unspecified atom stereocenters. The van der Waals surface area contributed by atoms with Crippen LogP contribution < -0.4 is 10.1 Å². The van der Waals surface area contributed by atoms with Crippen LogP contribution >= 0.6 is 0 Å². The van der Waals surface area contributed by atoms with Crippen LogP contribution in [-0.4, -0.2) is 72.5 Å². The minimum atomic E-state index is -0.590. The Morgan fingerprint density at radius 2 is 2.03 bits per heavy atom. The molecule has 1 N–H and O–H groups in total. The summed E-state index contributed by atoms with van der Waals surface area (Å²) in [5.74, 6) is 0.571. The van der Waals surface area contributed by atoms with Gasteiger partial charge in [-0.15, -0.1) is 0 Å². The molecular weight excluding hydrogens is 410 g/mol. The second-order valence-corrected chi connectivity index (χ2v) is 9.40. The minimum absolute atomic E-state index is 0.154. The molecule has 32 heavy (non-hydrogen) atoms. The number of carbonyl (C=O) groups excluding carboxylic acids is 3. The van der Waals surface area contributed by atoms with E-state index in [2.05, 4.69) is 10.2 Å². The molecule has 5 rings (SSSR count). The molecule has 0 aliphatic carbocycles. The molecule has 8 heteroatoms. The van der Waals surface area contributed by atoms with Gasteiger partial charge >= 0.3 is 0 Å². The number of benzene rings is 1. The number of nitrogens with one attached hydrogen (secondary N) is 1. The summed E-state index contributed by atoms with van der Waals surface area (Å²) in [5.41, 5.74) is 1.49. The molecule has 1 aromatic carbocycles. The van der Waals surface area contributed by atoms with Crippen molar-refractivity contribution in [1.29, 1.82) is 0 Å². The van der Waals surface area contributed by atoms with Crippen molar-refractivity contribution in [2.45, 2.75) is 57.2 Å². The fourth-order valence-corrected chi connectivity index (χ4v) is 5.38. The summed E-state index contributed by atoms with van der Waals surface area (Å²) < 4.78 is 11.7. The Balaban J connectivity index is 1.21. The topological polar surface area (TPSA) is 88.2 Å². The van der Waals surface area contributed by atoms with Crippen molar-refractivity contribution < 1.29 is 23.9 Å². The number of carbonyl (C=O) groups is 3. The smallest absolute Gasteiger partial charge is 0.255 e. The molecule has 4 heterocycles. The van der Waals surface area contributed by atoms with Crippen LogP contribution in [0.2, 0.25) is 0 Å². The first-order chi connectivity index (χ1) is 15.6. The Morgan fingerprint density at radius 1 is 1.12 bits per heavy atom. The molecule has 8 nitrogen and oxygen atoms in total. The van der Waals surface area contributed by atoms with Gasteiger partial charge in [0.25, 0.3) is 5.91 Å². The standard InChI is InChI=1S/C24H31N3O5/c28-22-7-6-21(23(29)25-22)27-13-17-11-19(4-5-20(17)24(27)30)32-15-18-3-1-2-9-26(18)12-16-8-10-31-14-16/h4-5,11,16,18,21H,1-3,6-10,12-15H2,(H,25,28,29)/t16-,18+,21?/m0/s1. The fraction of sp³-hybridized carbons (Fsp3) is 0.625. The lowest BCUT2D eigenvalue weighted by Gasteiger charge is -2.36. The number of ether oxygens (including phenoxy) is 2. The van der Waals surface area contributed by atoms with Gasteiger partial charge in [-0.1, -0.05) is 6.42 Å². The van der Waals surface area contributed by atoms with Gasteiger partial charge in [-0.05, 0) is 61.9 Å². The third kappa shape index (κ3) is 4.38. The lowest BCUT2D eigenvalue weighted by molar-refractivity contribution is -0.136. The normalized spacial score (nSPS) is 28.7. The SMILES string of the molecule is O=C1CCC(N2Cc3cc(OC[C@H]4CCCCN4C[C@@H]4CCOC4)ccc3C2=O)C(=O)N1. The summed E-state index contributed by atoms with van der Waals surface area (Å²) in [6.07, 6.45) is 5.38. The summed E-state index contributed by atoms with van der Waals surface area (Å²) in [6, 6.07) is 5.39. The first-order valence-electron chi connectivity index (χ1n) is 11.8. The van der Waals surface area contributed by atoms with Gasteiger partial charge in [0.05, 0.1) is 6.61 Å². The van der Waals surface area contributed by atoms with Crippen molar-refractivity contribution in [1.82, 2.24) is 15.1 Å². The number of fused-ring (bicyclic) bond motifs is 1. The molecule has 0 bridgehead atoms. The maximum atomic E-state index is 12.9. The zero-order valence-electron chi connectivity index (χ0n) is 18.4. The molecule has 3 amide bonds. The molecule has 4 aliphatic rings. The molecule has 1 aromatic rings. The van der Waals surface area contributed by atoms with Crippen LogP contribution in [0.1, 0.15) is 54.4 Å². The maximum absolute atomic E-state index is 12.9. The molecule has 172 valence electrons. The lowest BCUT2D eigenvalue weighted by atomic mass is 10.00. The van der Waals surface area contributed by atoms with E-state index < -0.39 is 6.04 Å². The molecule has 3 fully saturated rings. The van der Waals surface area contributed by atoms with Gasteiger partial charge in [0.2, 0.25) is 11.8 Å². The highest BCUT2D eigenvalue weighted by molar-refractivity contribution is 6.05. The zero-order valence-corrected chi connectivity index (χ0v) is 18.4. The van der Waals surface area contributed by atoms with Crippen molar-refractivity contribution in [2.24, 2.45) is 5.92 Å². The lowest BCUT2D eigenvalue weighted by Crippen LogP contribution is -2.52. The number of likely N-dealkylation sites (tertiary alicyclic amines) is 1. The molecule has 0 saturated carbocycles. The van der Waals surface area contributed by atoms with Gasteiger partial charge in [0.1, 0.15) is 18.4 Å². The average Bonchev–Trinajstić information content (AvgIpc) is 3.41. The van der Waals surface area contributed by atoms with Crippen LogP contribution in [0, 0.1) is 5.92 Å². The summed E-state index contributed by atoms with van der Waals surface area (Å²) in [6.45, 7) is 4.94. The van der Waals surface area contributed by atoms with Crippen LogP contribution in [0.15, 0.2) is 18.2 Å². The molecule has 3 saturated heterocycles. The van der Waals surface area contributed by atoms with E-state index in [1.807, 2.05) is 12.1 Å². The second-order valence-electron chi connectivity index (χ2n) is 9.40. The van der Waals surface area contributed by atoms with Crippen molar-refractivity contribution in [2.75, 3.05) is 32.9 Å². The summed E-state index contributed by atoms with van der Waals surface area (Å²) >= 11 is 0. The second kappa shape index (κ2) is 9.19. The number of hydrogen-bond acceptors (Lipinski definition) is 6. The van der Waals surface area contributed by atoms with Gasteiger partial charge in [-0.2, -0.15) is 0 Å². The Kier molecular flexibility index (Phi) is 6.15. The van der Waals surface area contributed by atoms with E-state index >= 15 is 0 Å². The zero-order chi connectivity index (χ0) is 22.1. The highest BCUT2D eigenvalue weighted by Gasteiger charge is 2.39. The van der Waals surface area contributed by atoms with Crippen molar-refractivity contribution >= 4 is 17.7 Å². The van der Waals surface area contributed by atoms with E-state index in [1.54, 1.807) is 11.0 Å². The average molecular weight is 442 g/mol. The van der Waals surface area contributed by atoms with Crippen LogP contribution in [-0.2, 0) is 20.9 Å². The van der Waals surface area contributed by atoms with Crippen LogP contribution in [0.3, 0.4) is 0 Å². The largest absolute Gasteiger partial charge is 0.492 e. The van der Waals surface area contributed by atoms with Crippen LogP contribution in [0.5, 0.6) is 5.75 Å². The van der Waals surface area contributed by atoms with Crippen molar-refractivity contribution in [3.63, 3.8) is 0 Å². The highest BCUT2D eigenvalue weighted by Crippen LogP contribution is 2.30. The number of imide groups is 1. The van der Waals surface area contributed by atoms with Crippen molar-refractivity contribution in [3.8, 4) is 5.75 Å². The maximum Gasteiger partial charge on any atom is 0.255 e. The third-order valence-corrected chi connectivity index (χ3v) is 7.20. The summed E-state index contributed by atoms with van der Waals surface area (Å²) in [7, 11) is 0. The number of nitrogens with zero attached hydrogens (tertiary/aromatic N) is 2. The first-order valence-corrected chi connectivity index (χ1v) is 11.8. The van der Waals surface area contributed by atoms with Gasteiger partial charge in [-0.25, -0.2) is 0 Å². The number of hydrogen-bond donors (Lipinski definition) is 1. The Morgan fingerprint density at radius 3 is 2.84 bits per heavy atom. The predicted octanol–water partition coefficient (Wildman–Crippen LogP) is 1.72. The van der Waals surface area contributed by atoms with E-state index in [0.717, 1.165) is 50.5 Å². The number of amides is 3. The molecule has 3 atom stereocenters.